The topological polar surface area (TPSA) is 20.3 Å². The van der Waals surface area contributed by atoms with Gasteiger partial charge in [0, 0.05) is 18.7 Å². The van der Waals surface area contributed by atoms with Crippen LogP contribution in [0.5, 0.6) is 0 Å². The van der Waals surface area contributed by atoms with Crippen LogP contribution in [-0.2, 0) is 0 Å². The predicted molar refractivity (Wildman–Crippen MR) is 90.5 cm³/mol. The lowest BCUT2D eigenvalue weighted by Crippen LogP contribution is -2.31. The molecule has 0 bridgehead atoms. The van der Waals surface area contributed by atoms with E-state index in [2.05, 4.69) is 4.90 Å². The molecular formula is C16H21NOS2. The lowest BCUT2D eigenvalue weighted by Gasteiger charge is -2.26. The van der Waals surface area contributed by atoms with E-state index >= 15 is 0 Å². The summed E-state index contributed by atoms with van der Waals surface area (Å²) in [5.41, 5.74) is 0.774. The zero-order valence-electron chi connectivity index (χ0n) is 11.7. The van der Waals surface area contributed by atoms with Gasteiger partial charge in [0.25, 0.3) is 0 Å². The van der Waals surface area contributed by atoms with E-state index in [9.17, 15) is 4.79 Å². The maximum atomic E-state index is 12.1. The molecule has 1 aromatic carbocycles. The standard InChI is InChI=1S/C16H21NOS2/c18-15(14-9-5-4-6-10-14)13-20-16(19)17-11-7-2-1-3-8-12-17/h4-6,9-10H,1-3,7-8,11-13H2. The smallest absolute Gasteiger partial charge is 0.173 e. The molecule has 1 heterocycles. The molecule has 0 atom stereocenters. The van der Waals surface area contributed by atoms with Gasteiger partial charge in [-0.25, -0.2) is 0 Å². The Balaban J connectivity index is 1.80. The summed E-state index contributed by atoms with van der Waals surface area (Å²) in [6, 6.07) is 9.45. The van der Waals surface area contributed by atoms with E-state index in [4.69, 9.17) is 12.2 Å². The Hall–Kier alpha value is -0.870. The molecule has 0 saturated carbocycles. The zero-order valence-corrected chi connectivity index (χ0v) is 13.3. The number of thiocarbonyl (C=S) groups is 1. The Labute approximate surface area is 130 Å². The van der Waals surface area contributed by atoms with Crippen molar-refractivity contribution in [2.24, 2.45) is 0 Å². The van der Waals surface area contributed by atoms with Gasteiger partial charge in [-0.15, -0.1) is 0 Å². The molecule has 0 radical (unpaired) electrons. The van der Waals surface area contributed by atoms with Crippen LogP contribution in [0.15, 0.2) is 30.3 Å². The first-order chi connectivity index (χ1) is 9.77. The van der Waals surface area contributed by atoms with Gasteiger partial charge >= 0.3 is 0 Å². The summed E-state index contributed by atoms with van der Waals surface area (Å²) in [5, 5.41) is 0. The minimum Gasteiger partial charge on any atom is -0.358 e. The molecule has 0 aromatic heterocycles. The summed E-state index contributed by atoms with van der Waals surface area (Å²) in [4.78, 5) is 14.3. The van der Waals surface area contributed by atoms with Gasteiger partial charge in [-0.1, -0.05) is 73.6 Å². The van der Waals surface area contributed by atoms with Crippen molar-refractivity contribution in [3.05, 3.63) is 35.9 Å². The van der Waals surface area contributed by atoms with Crippen LogP contribution >= 0.6 is 24.0 Å². The fourth-order valence-corrected chi connectivity index (χ4v) is 3.50. The summed E-state index contributed by atoms with van der Waals surface area (Å²) in [7, 11) is 0. The summed E-state index contributed by atoms with van der Waals surface area (Å²) in [5.74, 6) is 0.601. The van der Waals surface area contributed by atoms with Crippen LogP contribution < -0.4 is 0 Å². The molecule has 2 nitrogen and oxygen atoms in total. The molecule has 1 aliphatic heterocycles. The molecule has 108 valence electrons. The zero-order chi connectivity index (χ0) is 14.2. The van der Waals surface area contributed by atoms with Gasteiger partial charge in [0.1, 0.15) is 4.32 Å². The third kappa shape index (κ3) is 4.91. The molecular weight excluding hydrogens is 286 g/mol. The lowest BCUT2D eigenvalue weighted by atomic mass is 10.1. The summed E-state index contributed by atoms with van der Waals surface area (Å²) < 4.78 is 0.885. The van der Waals surface area contributed by atoms with E-state index in [-0.39, 0.29) is 5.78 Å². The summed E-state index contributed by atoms with van der Waals surface area (Å²) in [6.45, 7) is 2.09. The third-order valence-corrected chi connectivity index (χ3v) is 5.06. The molecule has 0 unspecified atom stereocenters. The van der Waals surface area contributed by atoms with Crippen molar-refractivity contribution in [1.29, 1.82) is 0 Å². The van der Waals surface area contributed by atoms with E-state index in [1.807, 2.05) is 30.3 Å². The van der Waals surface area contributed by atoms with Gasteiger partial charge in [0.2, 0.25) is 0 Å². The van der Waals surface area contributed by atoms with Gasteiger partial charge in [-0.2, -0.15) is 0 Å². The van der Waals surface area contributed by atoms with Crippen molar-refractivity contribution in [3.63, 3.8) is 0 Å². The van der Waals surface area contributed by atoms with Crippen LogP contribution in [0.4, 0.5) is 0 Å². The quantitative estimate of drug-likeness (QED) is 0.617. The Morgan fingerprint density at radius 2 is 1.65 bits per heavy atom. The molecule has 0 N–H and O–H groups in total. The number of thioether (sulfide) groups is 1. The maximum absolute atomic E-state index is 12.1. The molecule has 2 rings (SSSR count). The molecule has 1 fully saturated rings. The second kappa shape index (κ2) is 8.42. The van der Waals surface area contributed by atoms with Crippen LogP contribution in [0.2, 0.25) is 0 Å². The molecule has 0 aliphatic carbocycles. The molecule has 4 heteroatoms. The van der Waals surface area contributed by atoms with E-state index in [0.717, 1.165) is 23.0 Å². The number of likely N-dealkylation sites (tertiary alicyclic amines) is 1. The van der Waals surface area contributed by atoms with E-state index in [1.54, 1.807) is 0 Å². The van der Waals surface area contributed by atoms with Crippen molar-refractivity contribution < 1.29 is 4.79 Å². The highest BCUT2D eigenvalue weighted by atomic mass is 32.2. The number of Topliss-reactive ketones (excluding diaryl/α,β-unsaturated/α-hetero) is 1. The number of carbonyl (C=O) groups is 1. The molecule has 1 saturated heterocycles. The molecule has 1 aromatic rings. The van der Waals surface area contributed by atoms with Gasteiger partial charge in [-0.3, -0.25) is 4.79 Å². The number of hydrogen-bond donors (Lipinski definition) is 0. The number of nitrogens with zero attached hydrogens (tertiary/aromatic N) is 1. The van der Waals surface area contributed by atoms with Crippen LogP contribution in [0.3, 0.4) is 0 Å². The Bertz CT molecular complexity index is 439. The Morgan fingerprint density at radius 3 is 2.30 bits per heavy atom. The lowest BCUT2D eigenvalue weighted by molar-refractivity contribution is 0.102. The maximum Gasteiger partial charge on any atom is 0.173 e. The average molecular weight is 307 g/mol. The molecule has 20 heavy (non-hydrogen) atoms. The third-order valence-electron chi connectivity index (χ3n) is 3.54. The Morgan fingerprint density at radius 1 is 1.05 bits per heavy atom. The molecule has 0 amide bonds. The van der Waals surface area contributed by atoms with Gasteiger partial charge in [0.15, 0.2) is 5.78 Å². The first-order valence-corrected chi connectivity index (χ1v) is 8.67. The van der Waals surface area contributed by atoms with Crippen molar-refractivity contribution in [1.82, 2.24) is 4.90 Å². The molecule has 1 aliphatic rings. The number of hydrogen-bond acceptors (Lipinski definition) is 3. The van der Waals surface area contributed by atoms with E-state index in [1.165, 1.54) is 43.9 Å². The molecule has 0 spiro atoms. The first kappa shape index (κ1) is 15.5. The highest BCUT2D eigenvalue weighted by Gasteiger charge is 2.14. The second-order valence-electron chi connectivity index (χ2n) is 5.10. The number of ketones is 1. The Kier molecular flexibility index (Phi) is 6.54. The van der Waals surface area contributed by atoms with Crippen LogP contribution in [0, 0.1) is 0 Å². The van der Waals surface area contributed by atoms with Gasteiger partial charge in [-0.05, 0) is 12.8 Å². The number of benzene rings is 1. The fraction of sp³-hybridized carbons (Fsp3) is 0.500. The summed E-state index contributed by atoms with van der Waals surface area (Å²) >= 11 is 6.99. The van der Waals surface area contributed by atoms with Crippen LogP contribution in [-0.4, -0.2) is 33.8 Å². The first-order valence-electron chi connectivity index (χ1n) is 7.27. The number of carbonyl (C=O) groups excluding carboxylic acids is 1. The van der Waals surface area contributed by atoms with Crippen molar-refractivity contribution in [2.75, 3.05) is 18.8 Å². The highest BCUT2D eigenvalue weighted by molar-refractivity contribution is 8.23. The van der Waals surface area contributed by atoms with E-state index < -0.39 is 0 Å². The van der Waals surface area contributed by atoms with Gasteiger partial charge < -0.3 is 4.90 Å². The van der Waals surface area contributed by atoms with Crippen molar-refractivity contribution in [3.8, 4) is 0 Å². The van der Waals surface area contributed by atoms with Crippen LogP contribution in [0.25, 0.3) is 0 Å². The normalized spacial score (nSPS) is 16.3. The van der Waals surface area contributed by atoms with E-state index in [0.29, 0.717) is 5.75 Å². The van der Waals surface area contributed by atoms with Gasteiger partial charge in [0.05, 0.1) is 5.75 Å². The largest absolute Gasteiger partial charge is 0.358 e. The predicted octanol–water partition coefficient (Wildman–Crippen LogP) is 4.15. The van der Waals surface area contributed by atoms with Crippen molar-refractivity contribution in [2.45, 2.75) is 32.1 Å². The van der Waals surface area contributed by atoms with Crippen molar-refractivity contribution >= 4 is 34.1 Å². The number of rotatable bonds is 3. The second-order valence-corrected chi connectivity index (χ2v) is 6.71. The minimum absolute atomic E-state index is 0.157. The van der Waals surface area contributed by atoms with Crippen LogP contribution in [0.1, 0.15) is 42.5 Å². The highest BCUT2D eigenvalue weighted by Crippen LogP contribution is 2.17. The fourth-order valence-electron chi connectivity index (χ4n) is 2.36. The SMILES string of the molecule is O=C(CSC(=S)N1CCCCCCC1)c1ccccc1. The summed E-state index contributed by atoms with van der Waals surface area (Å²) in [6.07, 6.45) is 6.38. The minimum atomic E-state index is 0.157. The average Bonchev–Trinajstić information content (AvgIpc) is 2.45. The monoisotopic (exact) mass is 307 g/mol.